The van der Waals surface area contributed by atoms with Gasteiger partial charge in [0, 0.05) is 35.7 Å². The monoisotopic (exact) mass is 798 g/mol. The molecule has 278 valence electrons. The second-order valence-electron chi connectivity index (χ2n) is 12.7. The molecule has 0 radical (unpaired) electrons. The van der Waals surface area contributed by atoms with Crippen LogP contribution in [0.3, 0.4) is 0 Å². The molecule has 3 atom stereocenters. The van der Waals surface area contributed by atoms with Gasteiger partial charge >= 0.3 is 0 Å². The molecule has 11 nitrogen and oxygen atoms in total. The SMILES string of the molecule is Cn1nc(NS(C)(=O)=O)c2c(Cl)ccc(-c3cc(N)c(Cl)nc3[C@H](Cc3cc(F)cc(F)c3)NC(=O)Cn3nc(C(F)F)c4c3C(F)(F)[C@@H]3C=C[C@H]43)c21. The standard InChI is InChI=1S/C33H26Cl2F6N8O3S/c1-48-28-16(4-6-20(34)25(28)32(46-48)47-53(2,51)52)18-11-21(42)30(35)44-26(18)22(9-13-7-14(36)10-15(37)8-13)43-23(50)12-49-29-24(27(45-49)31(38)39)17-3-5-19(17)33(29,40)41/h3-8,10-11,17,19,22,31H,9,12,42H2,1-2H3,(H,43,50)(H,46,47)/t17-,19+,22-/m0/s1. The summed E-state index contributed by atoms with van der Waals surface area (Å²) in [5.74, 6) is -8.93. The molecule has 2 aliphatic rings. The van der Waals surface area contributed by atoms with E-state index < -0.39 is 75.7 Å². The van der Waals surface area contributed by atoms with Crippen molar-refractivity contribution < 1.29 is 39.6 Å². The van der Waals surface area contributed by atoms with Crippen LogP contribution in [0.4, 0.5) is 37.8 Å². The van der Waals surface area contributed by atoms with Crippen LogP contribution in [0, 0.1) is 17.6 Å². The number of hydrogen-bond acceptors (Lipinski definition) is 7. The number of hydrogen-bond donors (Lipinski definition) is 3. The topological polar surface area (TPSA) is 150 Å². The number of fused-ring (bicyclic) bond motifs is 4. The first-order valence-corrected chi connectivity index (χ1v) is 18.3. The highest BCUT2D eigenvalue weighted by Gasteiger charge is 2.60. The van der Waals surface area contributed by atoms with Crippen molar-refractivity contribution in [3.8, 4) is 11.1 Å². The van der Waals surface area contributed by atoms with E-state index in [1.165, 1.54) is 42.1 Å². The van der Waals surface area contributed by atoms with E-state index in [1.54, 1.807) is 0 Å². The van der Waals surface area contributed by atoms with Gasteiger partial charge in [-0.05, 0) is 36.2 Å². The Morgan fingerprint density at radius 2 is 1.74 bits per heavy atom. The van der Waals surface area contributed by atoms with Crippen molar-refractivity contribution >= 4 is 61.5 Å². The molecule has 2 aromatic carbocycles. The van der Waals surface area contributed by atoms with Crippen molar-refractivity contribution in [2.75, 3.05) is 16.7 Å². The normalized spacial score (nSPS) is 17.9. The Morgan fingerprint density at radius 3 is 2.36 bits per heavy atom. The average Bonchev–Trinajstić information content (AvgIpc) is 3.58. The summed E-state index contributed by atoms with van der Waals surface area (Å²) in [5.41, 5.74) is 4.89. The van der Waals surface area contributed by atoms with E-state index in [4.69, 9.17) is 28.9 Å². The average molecular weight is 800 g/mol. The molecule has 5 aromatic rings. The number of carbonyl (C=O) groups is 1. The minimum absolute atomic E-state index is 0.0313. The molecular weight excluding hydrogens is 773 g/mol. The fourth-order valence-electron chi connectivity index (χ4n) is 6.96. The van der Waals surface area contributed by atoms with E-state index in [0.717, 1.165) is 18.4 Å². The summed E-state index contributed by atoms with van der Waals surface area (Å²) in [4.78, 5) is 18.2. The molecule has 0 saturated heterocycles. The number of nitrogens with two attached hydrogens (primary N) is 1. The molecule has 0 bridgehead atoms. The lowest BCUT2D eigenvalue weighted by Gasteiger charge is -2.27. The minimum atomic E-state index is -3.82. The first-order chi connectivity index (χ1) is 24.8. The number of nitrogen functional groups attached to an aromatic ring is 1. The number of aromatic nitrogens is 5. The number of aryl methyl sites for hydroxylation is 1. The van der Waals surface area contributed by atoms with Crippen LogP contribution in [-0.4, -0.2) is 45.1 Å². The van der Waals surface area contributed by atoms with Crippen LogP contribution >= 0.6 is 23.2 Å². The molecule has 2 aliphatic carbocycles. The van der Waals surface area contributed by atoms with Gasteiger partial charge in [0.15, 0.2) is 11.0 Å². The van der Waals surface area contributed by atoms with Crippen LogP contribution in [0.25, 0.3) is 22.0 Å². The highest BCUT2D eigenvalue weighted by molar-refractivity contribution is 7.92. The first kappa shape index (κ1) is 36.5. The summed E-state index contributed by atoms with van der Waals surface area (Å²) >= 11 is 12.9. The zero-order valence-electron chi connectivity index (χ0n) is 27.3. The number of carbonyl (C=O) groups excluding carboxylic acids is 1. The summed E-state index contributed by atoms with van der Waals surface area (Å²) in [5, 5.41) is 10.7. The second-order valence-corrected chi connectivity index (χ2v) is 15.2. The Balaban J connectivity index is 1.35. The van der Waals surface area contributed by atoms with Crippen molar-refractivity contribution in [3.05, 3.63) is 98.6 Å². The summed E-state index contributed by atoms with van der Waals surface area (Å²) in [6.07, 6.45) is -0.0402. The fourth-order valence-corrected chi connectivity index (χ4v) is 7.84. The number of nitrogens with zero attached hydrogens (tertiary/aromatic N) is 5. The zero-order chi connectivity index (χ0) is 38.3. The van der Waals surface area contributed by atoms with Crippen molar-refractivity contribution in [2.24, 2.45) is 13.0 Å². The van der Waals surface area contributed by atoms with Gasteiger partial charge in [0.2, 0.25) is 15.9 Å². The molecule has 20 heteroatoms. The Kier molecular flexibility index (Phi) is 8.93. The summed E-state index contributed by atoms with van der Waals surface area (Å²) in [7, 11) is -2.32. The predicted molar refractivity (Wildman–Crippen MR) is 184 cm³/mol. The van der Waals surface area contributed by atoms with E-state index >= 15 is 8.78 Å². The van der Waals surface area contributed by atoms with Gasteiger partial charge in [-0.2, -0.15) is 19.0 Å². The summed E-state index contributed by atoms with van der Waals surface area (Å²) < 4.78 is 116. The number of halogens is 8. The molecular formula is C33H26Cl2F6N8O3S. The van der Waals surface area contributed by atoms with Crippen LogP contribution < -0.4 is 15.8 Å². The lowest BCUT2D eigenvalue weighted by atomic mass is 9.81. The first-order valence-electron chi connectivity index (χ1n) is 15.6. The Labute approximate surface area is 306 Å². The van der Waals surface area contributed by atoms with Crippen LogP contribution in [0.5, 0.6) is 0 Å². The number of anilines is 2. The number of alkyl halides is 4. The molecule has 1 amide bonds. The number of nitrogens with one attached hydrogen (secondary N) is 2. The number of sulfonamides is 1. The van der Waals surface area contributed by atoms with Gasteiger partial charge in [0.05, 0.1) is 45.5 Å². The summed E-state index contributed by atoms with van der Waals surface area (Å²) in [6.45, 7) is -0.941. The molecule has 0 aliphatic heterocycles. The number of pyridine rings is 1. The van der Waals surface area contributed by atoms with Crippen molar-refractivity contribution in [2.45, 2.75) is 37.3 Å². The largest absolute Gasteiger partial charge is 0.396 e. The van der Waals surface area contributed by atoms with Gasteiger partial charge in [-0.1, -0.05) is 41.4 Å². The highest BCUT2D eigenvalue weighted by atomic mass is 35.5. The van der Waals surface area contributed by atoms with E-state index in [1.807, 2.05) is 0 Å². The van der Waals surface area contributed by atoms with Gasteiger partial charge in [0.25, 0.3) is 12.3 Å². The van der Waals surface area contributed by atoms with Crippen LogP contribution in [-0.2, 0) is 40.8 Å². The molecule has 7 rings (SSSR count). The predicted octanol–water partition coefficient (Wildman–Crippen LogP) is 6.78. The third kappa shape index (κ3) is 6.45. The quantitative estimate of drug-likeness (QED) is 0.0801. The van der Waals surface area contributed by atoms with Gasteiger partial charge in [0.1, 0.15) is 29.6 Å². The van der Waals surface area contributed by atoms with Gasteiger partial charge in [-0.15, -0.1) is 0 Å². The molecule has 4 N–H and O–H groups in total. The third-order valence-electron chi connectivity index (χ3n) is 9.07. The maximum absolute atomic E-state index is 15.5. The van der Waals surface area contributed by atoms with E-state index in [9.17, 15) is 30.8 Å². The number of benzene rings is 2. The van der Waals surface area contributed by atoms with Crippen LogP contribution in [0.2, 0.25) is 10.2 Å². The van der Waals surface area contributed by atoms with Crippen LogP contribution in [0.15, 0.2) is 48.6 Å². The van der Waals surface area contributed by atoms with Crippen molar-refractivity contribution in [3.63, 3.8) is 0 Å². The Hall–Kier alpha value is -4.81. The Morgan fingerprint density at radius 1 is 1.04 bits per heavy atom. The highest BCUT2D eigenvalue weighted by Crippen LogP contribution is 2.60. The van der Waals surface area contributed by atoms with Crippen LogP contribution in [0.1, 0.15) is 46.6 Å². The van der Waals surface area contributed by atoms with Gasteiger partial charge in [-0.25, -0.2) is 31.0 Å². The molecule has 0 saturated carbocycles. The van der Waals surface area contributed by atoms with Crippen molar-refractivity contribution in [1.82, 2.24) is 29.9 Å². The zero-order valence-corrected chi connectivity index (χ0v) is 29.6. The third-order valence-corrected chi connectivity index (χ3v) is 10.2. The fraction of sp³-hybridized carbons (Fsp3) is 0.273. The lowest BCUT2D eigenvalue weighted by molar-refractivity contribution is -0.123. The molecule has 53 heavy (non-hydrogen) atoms. The second kappa shape index (κ2) is 12.9. The van der Waals surface area contributed by atoms with E-state index in [-0.39, 0.29) is 61.4 Å². The van der Waals surface area contributed by atoms with Gasteiger partial charge < -0.3 is 11.1 Å². The number of rotatable bonds is 10. The number of amides is 1. The minimum Gasteiger partial charge on any atom is -0.396 e. The lowest BCUT2D eigenvalue weighted by Crippen LogP contribution is -2.35. The molecule has 3 aromatic heterocycles. The van der Waals surface area contributed by atoms with Crippen molar-refractivity contribution in [1.29, 1.82) is 0 Å². The summed E-state index contributed by atoms with van der Waals surface area (Å²) in [6, 6.07) is 5.69. The maximum Gasteiger partial charge on any atom is 0.296 e. The molecule has 0 fully saturated rings. The molecule has 3 heterocycles. The maximum atomic E-state index is 15.5. The number of allylic oxidation sites excluding steroid dienone is 2. The smallest absolute Gasteiger partial charge is 0.296 e. The Bertz CT molecular complexity index is 2470. The van der Waals surface area contributed by atoms with E-state index in [2.05, 4.69) is 25.2 Å². The van der Waals surface area contributed by atoms with E-state index in [0.29, 0.717) is 16.3 Å². The van der Waals surface area contributed by atoms with Gasteiger partial charge in [-0.3, -0.25) is 18.9 Å². The molecule has 0 spiro atoms. The molecule has 0 unspecified atom stereocenters.